The summed E-state index contributed by atoms with van der Waals surface area (Å²) >= 11 is 0. The Morgan fingerprint density at radius 1 is 1.31 bits per heavy atom. The largest absolute Gasteiger partial charge is 0.497 e. The van der Waals surface area contributed by atoms with Gasteiger partial charge in [-0.3, -0.25) is 20.4 Å². The number of benzene rings is 1. The minimum absolute atomic E-state index is 0.240. The van der Waals surface area contributed by atoms with Crippen molar-refractivity contribution >= 4 is 11.8 Å². The highest BCUT2D eigenvalue weighted by Crippen LogP contribution is 2.11. The SMILES string of the molecule is CCC(=O)NNC(=O)c1cccc(OC)c1. The van der Waals surface area contributed by atoms with Gasteiger partial charge in [0.2, 0.25) is 5.91 Å². The summed E-state index contributed by atoms with van der Waals surface area (Å²) in [7, 11) is 1.52. The zero-order chi connectivity index (χ0) is 12.0. The van der Waals surface area contributed by atoms with Crippen molar-refractivity contribution in [1.82, 2.24) is 10.9 Å². The van der Waals surface area contributed by atoms with Gasteiger partial charge in [0.15, 0.2) is 0 Å². The topological polar surface area (TPSA) is 67.4 Å². The van der Waals surface area contributed by atoms with Crippen LogP contribution in [-0.4, -0.2) is 18.9 Å². The van der Waals surface area contributed by atoms with Crippen LogP contribution in [0.5, 0.6) is 5.75 Å². The molecule has 0 saturated carbocycles. The van der Waals surface area contributed by atoms with Crippen LogP contribution in [0.1, 0.15) is 23.7 Å². The third-order valence-electron chi connectivity index (χ3n) is 1.97. The molecule has 0 aliphatic rings. The first-order valence-corrected chi connectivity index (χ1v) is 4.90. The van der Waals surface area contributed by atoms with Crippen molar-refractivity contribution in [3.63, 3.8) is 0 Å². The Morgan fingerprint density at radius 3 is 2.69 bits per heavy atom. The van der Waals surface area contributed by atoms with E-state index < -0.39 is 0 Å². The van der Waals surface area contributed by atoms with Crippen molar-refractivity contribution in [2.24, 2.45) is 0 Å². The second-order valence-electron chi connectivity index (χ2n) is 3.09. The van der Waals surface area contributed by atoms with Gasteiger partial charge >= 0.3 is 0 Å². The van der Waals surface area contributed by atoms with E-state index >= 15 is 0 Å². The summed E-state index contributed by atoms with van der Waals surface area (Å²) in [6, 6.07) is 6.67. The number of amides is 2. The lowest BCUT2D eigenvalue weighted by atomic mass is 10.2. The molecular formula is C11H14N2O3. The minimum Gasteiger partial charge on any atom is -0.497 e. The van der Waals surface area contributed by atoms with E-state index in [4.69, 9.17) is 4.74 Å². The Bertz CT molecular complexity index is 391. The summed E-state index contributed by atoms with van der Waals surface area (Å²) in [6.07, 6.45) is 0.318. The molecule has 5 heteroatoms. The maximum Gasteiger partial charge on any atom is 0.269 e. The van der Waals surface area contributed by atoms with Gasteiger partial charge in [0, 0.05) is 12.0 Å². The monoisotopic (exact) mass is 222 g/mol. The first-order chi connectivity index (χ1) is 7.67. The fourth-order valence-corrected chi connectivity index (χ4v) is 1.05. The molecular weight excluding hydrogens is 208 g/mol. The molecule has 0 spiro atoms. The molecule has 0 unspecified atom stereocenters. The summed E-state index contributed by atoms with van der Waals surface area (Å²) in [6.45, 7) is 1.70. The van der Waals surface area contributed by atoms with Crippen molar-refractivity contribution in [3.05, 3.63) is 29.8 Å². The Balaban J connectivity index is 2.62. The zero-order valence-corrected chi connectivity index (χ0v) is 9.24. The summed E-state index contributed by atoms with van der Waals surface area (Å²) in [5.41, 5.74) is 5.02. The number of rotatable bonds is 3. The van der Waals surface area contributed by atoms with Crippen molar-refractivity contribution in [1.29, 1.82) is 0 Å². The second-order valence-corrected chi connectivity index (χ2v) is 3.09. The quantitative estimate of drug-likeness (QED) is 0.745. The Hall–Kier alpha value is -2.04. The van der Waals surface area contributed by atoms with Gasteiger partial charge in [-0.1, -0.05) is 13.0 Å². The van der Waals surface area contributed by atoms with Crippen molar-refractivity contribution in [2.75, 3.05) is 7.11 Å². The Morgan fingerprint density at radius 2 is 2.06 bits per heavy atom. The van der Waals surface area contributed by atoms with Crippen LogP contribution in [0.3, 0.4) is 0 Å². The number of hydrogen-bond acceptors (Lipinski definition) is 3. The van der Waals surface area contributed by atoms with Crippen LogP contribution < -0.4 is 15.6 Å². The Kier molecular flexibility index (Phi) is 4.32. The lowest BCUT2D eigenvalue weighted by molar-refractivity contribution is -0.121. The first-order valence-electron chi connectivity index (χ1n) is 4.90. The number of nitrogens with one attached hydrogen (secondary N) is 2. The van der Waals surface area contributed by atoms with Gasteiger partial charge in [0.1, 0.15) is 5.75 Å². The molecule has 2 N–H and O–H groups in total. The predicted molar refractivity (Wildman–Crippen MR) is 58.9 cm³/mol. The summed E-state index contributed by atoms with van der Waals surface area (Å²) in [5.74, 6) is -0.0218. The molecule has 0 aromatic heterocycles. The van der Waals surface area contributed by atoms with E-state index in [1.165, 1.54) is 7.11 Å². The molecule has 0 saturated heterocycles. The molecule has 0 heterocycles. The van der Waals surface area contributed by atoms with Crippen LogP contribution in [0, 0.1) is 0 Å². The minimum atomic E-state index is -0.374. The summed E-state index contributed by atoms with van der Waals surface area (Å²) in [5, 5.41) is 0. The van der Waals surface area contributed by atoms with Gasteiger partial charge in [0.05, 0.1) is 7.11 Å². The molecule has 0 aliphatic heterocycles. The number of carbonyl (C=O) groups excluding carboxylic acids is 2. The van der Waals surface area contributed by atoms with E-state index in [-0.39, 0.29) is 11.8 Å². The summed E-state index contributed by atoms with van der Waals surface area (Å²) < 4.78 is 4.98. The fourth-order valence-electron chi connectivity index (χ4n) is 1.05. The van der Waals surface area contributed by atoms with Crippen LogP contribution in [0.2, 0.25) is 0 Å². The van der Waals surface area contributed by atoms with E-state index in [2.05, 4.69) is 10.9 Å². The second kappa shape index (κ2) is 5.75. The van der Waals surface area contributed by atoms with Crippen LogP contribution in [0.15, 0.2) is 24.3 Å². The van der Waals surface area contributed by atoms with Gasteiger partial charge in [-0.25, -0.2) is 0 Å². The average Bonchev–Trinajstić information content (AvgIpc) is 2.35. The van der Waals surface area contributed by atoms with Crippen LogP contribution in [0.4, 0.5) is 0 Å². The number of methoxy groups -OCH3 is 1. The Labute approximate surface area is 93.8 Å². The number of hydrogen-bond donors (Lipinski definition) is 2. The lowest BCUT2D eigenvalue weighted by Gasteiger charge is -2.07. The molecule has 0 aliphatic carbocycles. The normalized spacial score (nSPS) is 9.38. The smallest absolute Gasteiger partial charge is 0.269 e. The zero-order valence-electron chi connectivity index (χ0n) is 9.24. The molecule has 0 radical (unpaired) electrons. The van der Waals surface area contributed by atoms with Crippen LogP contribution in [0.25, 0.3) is 0 Å². The molecule has 0 fully saturated rings. The number of hydrazine groups is 1. The third kappa shape index (κ3) is 3.27. The lowest BCUT2D eigenvalue weighted by Crippen LogP contribution is -2.41. The first kappa shape index (κ1) is 12.0. The van der Waals surface area contributed by atoms with Crippen molar-refractivity contribution < 1.29 is 14.3 Å². The molecule has 1 rings (SSSR count). The highest BCUT2D eigenvalue weighted by atomic mass is 16.5. The maximum atomic E-state index is 11.6. The average molecular weight is 222 g/mol. The van der Waals surface area contributed by atoms with E-state index in [0.29, 0.717) is 17.7 Å². The molecule has 0 bridgehead atoms. The van der Waals surface area contributed by atoms with E-state index in [0.717, 1.165) is 0 Å². The highest BCUT2D eigenvalue weighted by Gasteiger charge is 2.06. The van der Waals surface area contributed by atoms with Gasteiger partial charge in [0.25, 0.3) is 5.91 Å². The van der Waals surface area contributed by atoms with Gasteiger partial charge in [-0.15, -0.1) is 0 Å². The molecule has 0 atom stereocenters. The third-order valence-corrected chi connectivity index (χ3v) is 1.97. The van der Waals surface area contributed by atoms with Crippen molar-refractivity contribution in [3.8, 4) is 5.75 Å². The van der Waals surface area contributed by atoms with Gasteiger partial charge in [-0.2, -0.15) is 0 Å². The van der Waals surface area contributed by atoms with Gasteiger partial charge < -0.3 is 4.74 Å². The van der Waals surface area contributed by atoms with Gasteiger partial charge in [-0.05, 0) is 18.2 Å². The fraction of sp³-hybridized carbons (Fsp3) is 0.273. The molecule has 2 amide bonds. The molecule has 5 nitrogen and oxygen atoms in total. The number of ether oxygens (including phenoxy) is 1. The number of carbonyl (C=O) groups is 2. The molecule has 1 aromatic rings. The predicted octanol–water partition coefficient (Wildman–Crippen LogP) is 0.866. The van der Waals surface area contributed by atoms with E-state index in [1.54, 1.807) is 31.2 Å². The maximum absolute atomic E-state index is 11.6. The standard InChI is InChI=1S/C11H14N2O3/c1-3-10(14)12-13-11(15)8-5-4-6-9(7-8)16-2/h4-7H,3H2,1-2H3,(H,12,14)(H,13,15). The van der Waals surface area contributed by atoms with Crippen LogP contribution >= 0.6 is 0 Å². The molecule has 1 aromatic carbocycles. The highest BCUT2D eigenvalue weighted by molar-refractivity contribution is 5.95. The molecule has 86 valence electrons. The summed E-state index contributed by atoms with van der Waals surface area (Å²) in [4.78, 5) is 22.5. The van der Waals surface area contributed by atoms with Crippen LogP contribution in [-0.2, 0) is 4.79 Å². The van der Waals surface area contributed by atoms with Crippen molar-refractivity contribution in [2.45, 2.75) is 13.3 Å². The van der Waals surface area contributed by atoms with E-state index in [9.17, 15) is 9.59 Å². The van der Waals surface area contributed by atoms with E-state index in [1.807, 2.05) is 0 Å². The molecule has 16 heavy (non-hydrogen) atoms.